The summed E-state index contributed by atoms with van der Waals surface area (Å²) >= 11 is 0. The first kappa shape index (κ1) is 52.7. The van der Waals surface area contributed by atoms with Gasteiger partial charge in [0.15, 0.2) is 43.8 Å². The molecule has 65 heavy (non-hydrogen) atoms. The van der Waals surface area contributed by atoms with Crippen molar-refractivity contribution >= 4 is 5.97 Å². The Kier molecular flexibility index (Phi) is 17.8. The fourth-order valence-electron chi connectivity index (χ4n) is 8.01. The molecule has 0 unspecified atom stereocenters. The molecule has 6 heterocycles. The molecule has 29 atom stereocenters. The molecular formula is C35H58O30. The minimum Gasteiger partial charge on any atom is -0.479 e. The number of carboxylic acid groups (broad SMARTS) is 1. The van der Waals surface area contributed by atoms with Crippen LogP contribution in [-0.2, 0) is 56.9 Å². The van der Waals surface area contributed by atoms with Crippen molar-refractivity contribution in [3.8, 4) is 0 Å². The number of aliphatic hydroxyl groups excluding tert-OH is 17. The summed E-state index contributed by atoms with van der Waals surface area (Å²) in [6.45, 7) is -2.13. The van der Waals surface area contributed by atoms with Crippen LogP contribution in [0.15, 0.2) is 0 Å². The van der Waals surface area contributed by atoms with Gasteiger partial charge in [-0.1, -0.05) is 0 Å². The second kappa shape index (κ2) is 22.0. The van der Waals surface area contributed by atoms with Crippen molar-refractivity contribution in [1.82, 2.24) is 0 Å². The number of ether oxygens (including phenoxy) is 11. The predicted octanol–water partition coefficient (Wildman–Crippen LogP) is -12.3. The Morgan fingerprint density at radius 2 is 0.954 bits per heavy atom. The molecule has 6 fully saturated rings. The van der Waals surface area contributed by atoms with Gasteiger partial charge in [-0.15, -0.1) is 0 Å². The lowest BCUT2D eigenvalue weighted by molar-refractivity contribution is -0.401. The van der Waals surface area contributed by atoms with Crippen molar-refractivity contribution < 1.29 is 149 Å². The third-order valence-electron chi connectivity index (χ3n) is 11.9. The molecule has 0 saturated carbocycles. The molecule has 0 aromatic rings. The lowest BCUT2D eigenvalue weighted by atomic mass is 9.96. The fraction of sp³-hybridized carbons (Fsp3) is 0.971. The molecule has 0 amide bonds. The topological polar surface area (TPSA) is 483 Å². The predicted molar refractivity (Wildman–Crippen MR) is 192 cm³/mol. The first-order chi connectivity index (χ1) is 30.6. The Morgan fingerprint density at radius 1 is 0.462 bits per heavy atom. The largest absolute Gasteiger partial charge is 0.479 e. The van der Waals surface area contributed by atoms with E-state index in [1.165, 1.54) is 6.92 Å². The second-order valence-corrected chi connectivity index (χ2v) is 16.4. The molecule has 30 nitrogen and oxygen atoms in total. The van der Waals surface area contributed by atoms with E-state index in [4.69, 9.17) is 52.1 Å². The number of carbonyl (C=O) groups is 1. The van der Waals surface area contributed by atoms with E-state index in [9.17, 15) is 96.7 Å². The third kappa shape index (κ3) is 10.9. The van der Waals surface area contributed by atoms with E-state index in [1.54, 1.807) is 0 Å². The number of aliphatic carboxylic acids is 1. The minimum atomic E-state index is -2.27. The molecule has 0 aromatic heterocycles. The highest BCUT2D eigenvalue weighted by molar-refractivity contribution is 5.73. The number of aliphatic hydroxyl groups is 17. The summed E-state index contributed by atoms with van der Waals surface area (Å²) in [6.07, 6.45) is -56.1. The summed E-state index contributed by atoms with van der Waals surface area (Å²) in [5, 5.41) is 189. The second-order valence-electron chi connectivity index (χ2n) is 16.4. The van der Waals surface area contributed by atoms with Crippen LogP contribution >= 0.6 is 0 Å². The smallest absolute Gasteiger partial charge is 0.335 e. The fourth-order valence-corrected chi connectivity index (χ4v) is 8.01. The SMILES string of the molecule is C[C@@H]1O[C@@H](OC[C@H]2O[C@@H](O[C@@H]3[C@H](O)[C@@H](O)[C@H](O[C@H]4[C@H](O[C@@H]5[C@@H](O)[C@H](O)O[C@H](C(=O)O)[C@H]5O)OC[C@H](O)[C@@H]4O)O[C@@H]3CO)[C@H](O[C@@H]3O[C@H](CO)[C@H](O)[C@H](O)[C@H]3O)[C@@H](O)[C@@H]2O)[C@H](O)[C@H](O)[C@H]1O. The highest BCUT2D eigenvalue weighted by atomic mass is 16.8. The van der Waals surface area contributed by atoms with Crippen LogP contribution in [0.25, 0.3) is 0 Å². The maximum atomic E-state index is 11.6. The molecule has 0 radical (unpaired) electrons. The Labute approximate surface area is 366 Å². The Bertz CT molecular complexity index is 1520. The number of carboxylic acids is 1. The van der Waals surface area contributed by atoms with Crippen molar-refractivity contribution in [3.05, 3.63) is 0 Å². The van der Waals surface area contributed by atoms with Crippen LogP contribution in [0.1, 0.15) is 6.92 Å². The van der Waals surface area contributed by atoms with E-state index in [0.29, 0.717) is 0 Å². The summed E-state index contributed by atoms with van der Waals surface area (Å²) in [6, 6.07) is 0. The van der Waals surface area contributed by atoms with Gasteiger partial charge < -0.3 is 144 Å². The van der Waals surface area contributed by atoms with Crippen LogP contribution in [0.5, 0.6) is 0 Å². The minimum absolute atomic E-state index is 0.684. The van der Waals surface area contributed by atoms with E-state index in [0.717, 1.165) is 0 Å². The number of hydrogen-bond acceptors (Lipinski definition) is 29. The number of rotatable bonds is 14. The van der Waals surface area contributed by atoms with Gasteiger partial charge in [0.2, 0.25) is 0 Å². The zero-order valence-electron chi connectivity index (χ0n) is 34.0. The average molecular weight is 959 g/mol. The summed E-state index contributed by atoms with van der Waals surface area (Å²) < 4.78 is 60.7. The zero-order chi connectivity index (χ0) is 47.9. The molecule has 378 valence electrons. The van der Waals surface area contributed by atoms with Gasteiger partial charge in [-0.25, -0.2) is 4.79 Å². The molecular weight excluding hydrogens is 900 g/mol. The molecule has 6 aliphatic rings. The van der Waals surface area contributed by atoms with E-state index in [1.807, 2.05) is 0 Å². The van der Waals surface area contributed by atoms with Gasteiger partial charge in [0.25, 0.3) is 0 Å². The molecule has 0 spiro atoms. The summed E-state index contributed by atoms with van der Waals surface area (Å²) in [5.41, 5.74) is 0. The van der Waals surface area contributed by atoms with Gasteiger partial charge in [-0.3, -0.25) is 0 Å². The van der Waals surface area contributed by atoms with E-state index in [2.05, 4.69) is 0 Å². The van der Waals surface area contributed by atoms with Crippen molar-refractivity contribution in [2.45, 2.75) is 185 Å². The van der Waals surface area contributed by atoms with Crippen LogP contribution in [0.2, 0.25) is 0 Å². The van der Waals surface area contributed by atoms with Crippen molar-refractivity contribution in [1.29, 1.82) is 0 Å². The van der Waals surface area contributed by atoms with Crippen LogP contribution < -0.4 is 0 Å². The summed E-state index contributed by atoms with van der Waals surface area (Å²) in [5.74, 6) is -1.77. The van der Waals surface area contributed by atoms with Crippen molar-refractivity contribution in [3.63, 3.8) is 0 Å². The van der Waals surface area contributed by atoms with Crippen LogP contribution in [0.3, 0.4) is 0 Å². The van der Waals surface area contributed by atoms with Crippen molar-refractivity contribution in [2.75, 3.05) is 26.4 Å². The monoisotopic (exact) mass is 958 g/mol. The van der Waals surface area contributed by atoms with Gasteiger partial charge in [0, 0.05) is 0 Å². The molecule has 6 aliphatic heterocycles. The van der Waals surface area contributed by atoms with E-state index < -0.39 is 211 Å². The Morgan fingerprint density at radius 3 is 1.57 bits per heavy atom. The number of hydrogen-bond donors (Lipinski definition) is 18. The Balaban J connectivity index is 1.21. The van der Waals surface area contributed by atoms with Gasteiger partial charge >= 0.3 is 5.97 Å². The van der Waals surface area contributed by atoms with Crippen molar-refractivity contribution in [2.24, 2.45) is 0 Å². The van der Waals surface area contributed by atoms with Crippen LogP contribution in [0.4, 0.5) is 0 Å². The maximum Gasteiger partial charge on any atom is 0.335 e. The molecule has 6 rings (SSSR count). The molecule has 18 N–H and O–H groups in total. The lowest BCUT2D eigenvalue weighted by Gasteiger charge is -2.49. The quantitative estimate of drug-likeness (QED) is 0.0768. The average Bonchev–Trinajstić information content (AvgIpc) is 3.27. The van der Waals surface area contributed by atoms with Gasteiger partial charge in [-0.2, -0.15) is 0 Å². The van der Waals surface area contributed by atoms with Crippen LogP contribution in [-0.4, -0.2) is 302 Å². The zero-order valence-corrected chi connectivity index (χ0v) is 34.0. The van der Waals surface area contributed by atoms with Crippen LogP contribution in [0, 0.1) is 0 Å². The van der Waals surface area contributed by atoms with Gasteiger partial charge in [-0.05, 0) is 6.92 Å². The molecule has 6 saturated heterocycles. The van der Waals surface area contributed by atoms with E-state index in [-0.39, 0.29) is 0 Å². The van der Waals surface area contributed by atoms with Gasteiger partial charge in [0.05, 0.1) is 32.5 Å². The third-order valence-corrected chi connectivity index (χ3v) is 11.9. The molecule has 30 heteroatoms. The van der Waals surface area contributed by atoms with E-state index >= 15 is 0 Å². The van der Waals surface area contributed by atoms with Gasteiger partial charge in [0.1, 0.15) is 128 Å². The first-order valence-electron chi connectivity index (χ1n) is 20.4. The normalized spacial score (nSPS) is 53.4. The highest BCUT2D eigenvalue weighted by Crippen LogP contribution is 2.36. The lowest BCUT2D eigenvalue weighted by Crippen LogP contribution is -2.68. The summed E-state index contributed by atoms with van der Waals surface area (Å²) in [4.78, 5) is 11.6. The Hall–Kier alpha value is -1.65. The first-order valence-corrected chi connectivity index (χ1v) is 20.4. The summed E-state index contributed by atoms with van der Waals surface area (Å²) in [7, 11) is 0. The molecule has 0 aromatic carbocycles. The standard InChI is InChI=1S/C35H58O30/c1-6-11(39)15(43)19(47)31(57-6)56-5-10-14(42)17(45)28(65-32-20(48)16(44)13(41)8(2-36)58-32)35(60-10)62-24-9(3-37)59-33(21(49)18(24)46)64-27-12(40)7(38)4-55-34(27)63-25-22(50)26(29(52)53)61-30(54)23(25)51/h6-28,30-51,54H,2-5H2,1H3,(H,52,53)/t6-,7-,8+,9+,10+,11-,12-,13-,14+,15+,16-,17-,18+,19+,20+,21+,22-,23+,24-,25-,26-,27+,28+,30+,31+,32-,33-,34-,35-/m0/s1. The molecule has 0 bridgehead atoms. The highest BCUT2D eigenvalue weighted by Gasteiger charge is 2.57. The maximum absolute atomic E-state index is 11.6. The molecule has 0 aliphatic carbocycles.